The van der Waals surface area contributed by atoms with E-state index in [2.05, 4.69) is 19.1 Å². The van der Waals surface area contributed by atoms with E-state index in [1.807, 2.05) is 36.4 Å². The van der Waals surface area contributed by atoms with Crippen molar-refractivity contribution in [3.63, 3.8) is 0 Å². The summed E-state index contributed by atoms with van der Waals surface area (Å²) >= 11 is 0. The maximum atomic E-state index is 10.0. The van der Waals surface area contributed by atoms with Crippen molar-refractivity contribution in [3.8, 4) is 40.2 Å². The molecule has 180 valence electrons. The van der Waals surface area contributed by atoms with E-state index < -0.39 is 0 Å². The Morgan fingerprint density at radius 3 is 2.20 bits per heavy atom. The fourth-order valence-electron chi connectivity index (χ4n) is 4.67. The van der Waals surface area contributed by atoms with Crippen LogP contribution in [0.2, 0.25) is 0 Å². The van der Waals surface area contributed by atoms with E-state index in [4.69, 9.17) is 29.7 Å². The summed E-state index contributed by atoms with van der Waals surface area (Å²) < 4.78 is 21.8. The zero-order chi connectivity index (χ0) is 25.1. The van der Waals surface area contributed by atoms with Gasteiger partial charge in [0, 0.05) is 5.56 Å². The van der Waals surface area contributed by atoms with Crippen molar-refractivity contribution >= 4 is 17.5 Å². The van der Waals surface area contributed by atoms with Crippen molar-refractivity contribution < 1.29 is 18.9 Å². The van der Waals surface area contributed by atoms with Gasteiger partial charge in [-0.05, 0) is 71.4 Å². The first-order valence-corrected chi connectivity index (χ1v) is 11.3. The molecule has 1 aliphatic carbocycles. The molecule has 4 rings (SSSR count). The number of ether oxygens (including phenoxy) is 4. The Morgan fingerprint density at radius 1 is 0.943 bits per heavy atom. The second kappa shape index (κ2) is 9.98. The van der Waals surface area contributed by atoms with Crippen LogP contribution in [-0.4, -0.2) is 33.4 Å². The van der Waals surface area contributed by atoms with E-state index in [1.165, 1.54) is 0 Å². The summed E-state index contributed by atoms with van der Waals surface area (Å²) in [6, 6.07) is 13.7. The normalized spacial score (nSPS) is 15.8. The van der Waals surface area contributed by atoms with E-state index in [-0.39, 0.29) is 11.7 Å². The quantitative estimate of drug-likeness (QED) is 0.494. The first kappa shape index (κ1) is 24.0. The van der Waals surface area contributed by atoms with Crippen molar-refractivity contribution in [2.45, 2.75) is 25.7 Å². The highest BCUT2D eigenvalue weighted by Gasteiger charge is 2.29. The van der Waals surface area contributed by atoms with Crippen molar-refractivity contribution in [2.24, 2.45) is 0 Å². The zero-order valence-corrected chi connectivity index (χ0v) is 20.6. The van der Waals surface area contributed by atoms with E-state index in [1.54, 1.807) is 28.4 Å². The number of benzene rings is 2. The summed E-state index contributed by atoms with van der Waals surface area (Å²) in [5.74, 6) is 2.93. The Labute approximate surface area is 205 Å². The number of pyridine rings is 1. The van der Waals surface area contributed by atoms with E-state index in [9.17, 15) is 5.26 Å². The lowest BCUT2D eigenvalue weighted by Crippen LogP contribution is -2.14. The van der Waals surface area contributed by atoms with Crippen molar-refractivity contribution in [1.29, 1.82) is 5.26 Å². The van der Waals surface area contributed by atoms with Gasteiger partial charge in [-0.15, -0.1) is 0 Å². The van der Waals surface area contributed by atoms with E-state index >= 15 is 0 Å². The summed E-state index contributed by atoms with van der Waals surface area (Å²) in [5.41, 5.74) is 12.2. The molecule has 7 heteroatoms. The van der Waals surface area contributed by atoms with Gasteiger partial charge in [-0.3, -0.25) is 0 Å². The van der Waals surface area contributed by atoms with Gasteiger partial charge in [0.25, 0.3) is 0 Å². The maximum Gasteiger partial charge on any atom is 0.161 e. The number of aromatic nitrogens is 1. The molecule has 2 aromatic carbocycles. The molecule has 0 amide bonds. The Kier molecular flexibility index (Phi) is 6.83. The van der Waals surface area contributed by atoms with Crippen LogP contribution in [0.4, 0.5) is 5.82 Å². The molecule has 0 saturated carbocycles. The van der Waals surface area contributed by atoms with Gasteiger partial charge in [-0.2, -0.15) is 5.26 Å². The zero-order valence-electron chi connectivity index (χ0n) is 20.6. The second-order valence-electron chi connectivity index (χ2n) is 8.41. The van der Waals surface area contributed by atoms with Gasteiger partial charge in [0.1, 0.15) is 17.5 Å². The monoisotopic (exact) mass is 471 g/mol. The Hall–Kier alpha value is -4.18. The van der Waals surface area contributed by atoms with Crippen LogP contribution in [0.25, 0.3) is 22.8 Å². The SMILES string of the molecule is COc1ccc(/C=C2\CC[C@@H](C)c3c2nc(N)c(C#N)c3-c2ccc(OC)c(OC)c2)cc1OC. The molecule has 1 atom stereocenters. The van der Waals surface area contributed by atoms with Crippen LogP contribution in [0.5, 0.6) is 23.0 Å². The molecule has 0 spiro atoms. The number of fused-ring (bicyclic) bond motifs is 1. The molecule has 7 nitrogen and oxygen atoms in total. The van der Waals surface area contributed by atoms with Crippen LogP contribution < -0.4 is 24.7 Å². The fraction of sp³-hybridized carbons (Fsp3) is 0.286. The van der Waals surface area contributed by atoms with E-state index in [0.29, 0.717) is 28.6 Å². The summed E-state index contributed by atoms with van der Waals surface area (Å²) in [4.78, 5) is 4.73. The molecular formula is C28H29N3O4. The molecule has 0 radical (unpaired) electrons. The predicted octanol–water partition coefficient (Wildman–Crippen LogP) is 5.67. The molecule has 1 aromatic heterocycles. The predicted molar refractivity (Wildman–Crippen MR) is 137 cm³/mol. The maximum absolute atomic E-state index is 10.0. The molecule has 3 aromatic rings. The van der Waals surface area contributed by atoms with Gasteiger partial charge >= 0.3 is 0 Å². The number of nitriles is 1. The molecule has 0 unspecified atom stereocenters. The highest BCUT2D eigenvalue weighted by molar-refractivity contribution is 5.90. The third-order valence-electron chi connectivity index (χ3n) is 6.44. The minimum absolute atomic E-state index is 0.191. The highest BCUT2D eigenvalue weighted by Crippen LogP contribution is 2.46. The third kappa shape index (κ3) is 4.35. The average molecular weight is 472 g/mol. The molecule has 1 heterocycles. The molecule has 2 N–H and O–H groups in total. The van der Waals surface area contributed by atoms with Gasteiger partial charge in [-0.1, -0.05) is 19.1 Å². The fourth-order valence-corrected chi connectivity index (χ4v) is 4.67. The minimum atomic E-state index is 0.191. The van der Waals surface area contributed by atoms with Crippen molar-refractivity contribution in [3.05, 3.63) is 58.8 Å². The van der Waals surface area contributed by atoms with Crippen LogP contribution >= 0.6 is 0 Å². The molecule has 0 saturated heterocycles. The number of allylic oxidation sites excluding steroid dienone is 1. The topological polar surface area (TPSA) is 99.6 Å². The number of anilines is 1. The summed E-state index contributed by atoms with van der Waals surface area (Å²) in [6.07, 6.45) is 3.86. The van der Waals surface area contributed by atoms with Crippen LogP contribution in [0.1, 0.15) is 48.1 Å². The summed E-state index contributed by atoms with van der Waals surface area (Å²) in [7, 11) is 6.42. The number of nitrogens with zero attached hydrogens (tertiary/aromatic N) is 2. The molecule has 0 fully saturated rings. The molecule has 0 bridgehead atoms. The number of methoxy groups -OCH3 is 4. The standard InChI is InChI=1S/C28H29N3O4/c1-16-6-8-19(12-17-7-10-21(32-2)23(13-17)34-4)27-25(16)26(20(15-29)28(30)31-27)18-9-11-22(33-3)24(14-18)35-5/h7,9-14,16H,6,8H2,1-5H3,(H2,30,31)/b19-12+/t16-/m1/s1. The Morgan fingerprint density at radius 2 is 1.57 bits per heavy atom. The van der Waals surface area contributed by atoms with Crippen LogP contribution in [0.3, 0.4) is 0 Å². The van der Waals surface area contributed by atoms with E-state index in [0.717, 1.165) is 46.4 Å². The largest absolute Gasteiger partial charge is 0.493 e. The van der Waals surface area contributed by atoms with Gasteiger partial charge in [0.2, 0.25) is 0 Å². The molecule has 35 heavy (non-hydrogen) atoms. The van der Waals surface area contributed by atoms with Crippen LogP contribution in [0.15, 0.2) is 36.4 Å². The van der Waals surface area contributed by atoms with Gasteiger partial charge in [0.05, 0.1) is 34.1 Å². The lowest BCUT2D eigenvalue weighted by atomic mass is 9.78. The summed E-state index contributed by atoms with van der Waals surface area (Å²) in [6.45, 7) is 2.16. The number of nitrogens with two attached hydrogens (primary N) is 1. The van der Waals surface area contributed by atoms with Gasteiger partial charge < -0.3 is 24.7 Å². The number of hydrogen-bond acceptors (Lipinski definition) is 7. The Bertz CT molecular complexity index is 1340. The second-order valence-corrected chi connectivity index (χ2v) is 8.41. The smallest absolute Gasteiger partial charge is 0.161 e. The molecule has 0 aliphatic heterocycles. The van der Waals surface area contributed by atoms with Crippen LogP contribution in [0, 0.1) is 11.3 Å². The van der Waals surface area contributed by atoms with Crippen molar-refractivity contribution in [2.75, 3.05) is 34.2 Å². The minimum Gasteiger partial charge on any atom is -0.493 e. The van der Waals surface area contributed by atoms with Gasteiger partial charge in [0.15, 0.2) is 23.0 Å². The lowest BCUT2D eigenvalue weighted by molar-refractivity contribution is 0.355. The molecule has 1 aliphatic rings. The lowest BCUT2D eigenvalue weighted by Gasteiger charge is -2.28. The van der Waals surface area contributed by atoms with Crippen molar-refractivity contribution in [1.82, 2.24) is 4.98 Å². The van der Waals surface area contributed by atoms with Crippen LogP contribution in [-0.2, 0) is 0 Å². The first-order chi connectivity index (χ1) is 16.9. The third-order valence-corrected chi connectivity index (χ3v) is 6.44. The first-order valence-electron chi connectivity index (χ1n) is 11.3. The average Bonchev–Trinajstić information content (AvgIpc) is 2.89. The Balaban J connectivity index is 1.94. The number of nitrogen functional groups attached to an aromatic ring is 1. The highest BCUT2D eigenvalue weighted by atomic mass is 16.5. The molecular weight excluding hydrogens is 442 g/mol. The number of hydrogen-bond donors (Lipinski definition) is 1. The number of rotatable bonds is 6. The van der Waals surface area contributed by atoms with Gasteiger partial charge in [-0.25, -0.2) is 4.98 Å². The summed E-state index contributed by atoms with van der Waals surface area (Å²) in [5, 5.41) is 10.0.